The second kappa shape index (κ2) is 6.27. The molecule has 1 amide bonds. The number of H-pyrrole nitrogens is 1. The van der Waals surface area contributed by atoms with E-state index in [1.165, 1.54) is 6.92 Å². The van der Waals surface area contributed by atoms with E-state index < -0.39 is 18.0 Å². The maximum Gasteiger partial charge on any atom is 0.338 e. The first kappa shape index (κ1) is 14.7. The Morgan fingerprint density at radius 2 is 2.09 bits per heavy atom. The minimum atomic E-state index is -0.943. The summed E-state index contributed by atoms with van der Waals surface area (Å²) in [4.78, 5) is 35.1. The Morgan fingerprint density at radius 1 is 1.22 bits per heavy atom. The summed E-state index contributed by atoms with van der Waals surface area (Å²) in [5.41, 5.74) is 1.83. The van der Waals surface area contributed by atoms with Crippen molar-refractivity contribution in [3.63, 3.8) is 0 Å². The lowest BCUT2D eigenvalue weighted by molar-refractivity contribution is -0.123. The molecule has 3 rings (SSSR count). The summed E-state index contributed by atoms with van der Waals surface area (Å²) in [6, 6.07) is 10.1. The van der Waals surface area contributed by atoms with Gasteiger partial charge in [0.05, 0.1) is 22.9 Å². The highest BCUT2D eigenvalue weighted by molar-refractivity contribution is 5.98. The molecule has 0 spiro atoms. The molecule has 1 atom stereocenters. The Bertz CT molecular complexity index is 845. The van der Waals surface area contributed by atoms with Crippen molar-refractivity contribution in [2.24, 2.45) is 0 Å². The second-order valence-electron chi connectivity index (χ2n) is 4.89. The normalized spacial score (nSPS) is 11.9. The van der Waals surface area contributed by atoms with Gasteiger partial charge in [-0.3, -0.25) is 4.79 Å². The molecule has 2 N–H and O–H groups in total. The van der Waals surface area contributed by atoms with Gasteiger partial charge < -0.3 is 15.0 Å². The van der Waals surface area contributed by atoms with Crippen LogP contribution in [-0.4, -0.2) is 32.9 Å². The van der Waals surface area contributed by atoms with Gasteiger partial charge >= 0.3 is 5.97 Å². The first-order valence-electron chi connectivity index (χ1n) is 6.99. The number of anilines is 1. The maximum absolute atomic E-state index is 12.1. The topological polar surface area (TPSA) is 97.0 Å². The van der Waals surface area contributed by atoms with E-state index >= 15 is 0 Å². The van der Waals surface area contributed by atoms with Crippen LogP contribution < -0.4 is 5.32 Å². The maximum atomic E-state index is 12.1. The third kappa shape index (κ3) is 3.34. The molecule has 0 aliphatic carbocycles. The summed E-state index contributed by atoms with van der Waals surface area (Å²) >= 11 is 0. The standard InChI is InChI=1S/C16H14N4O3/c1-10(15(21)20-14-4-2-3-7-17-14)23-16(22)11-5-6-12-13(8-11)19-9-18-12/h2-10H,1H3,(H,18,19)(H,17,20,21). The zero-order chi connectivity index (χ0) is 16.2. The van der Waals surface area contributed by atoms with Gasteiger partial charge in [0.1, 0.15) is 5.82 Å². The van der Waals surface area contributed by atoms with E-state index in [-0.39, 0.29) is 0 Å². The Balaban J connectivity index is 1.65. The summed E-state index contributed by atoms with van der Waals surface area (Å²) in [6.07, 6.45) is 2.16. The number of imidazole rings is 1. The van der Waals surface area contributed by atoms with E-state index in [0.29, 0.717) is 11.4 Å². The Labute approximate surface area is 131 Å². The zero-order valence-electron chi connectivity index (χ0n) is 12.3. The molecular formula is C16H14N4O3. The molecular weight excluding hydrogens is 296 g/mol. The Morgan fingerprint density at radius 3 is 2.87 bits per heavy atom. The van der Waals surface area contributed by atoms with Crippen molar-refractivity contribution in [2.45, 2.75) is 13.0 Å². The molecule has 3 aromatic rings. The molecule has 2 aromatic heterocycles. The van der Waals surface area contributed by atoms with Crippen LogP contribution in [0.2, 0.25) is 0 Å². The van der Waals surface area contributed by atoms with Gasteiger partial charge in [-0.1, -0.05) is 6.07 Å². The largest absolute Gasteiger partial charge is 0.449 e. The monoisotopic (exact) mass is 310 g/mol. The summed E-state index contributed by atoms with van der Waals surface area (Å²) in [5, 5.41) is 2.58. The lowest BCUT2D eigenvalue weighted by atomic mass is 10.2. The molecule has 0 aliphatic heterocycles. The molecule has 0 bridgehead atoms. The fourth-order valence-electron chi connectivity index (χ4n) is 2.01. The number of rotatable bonds is 4. The van der Waals surface area contributed by atoms with Crippen LogP contribution in [0.15, 0.2) is 48.9 Å². The van der Waals surface area contributed by atoms with Crippen molar-refractivity contribution in [3.05, 3.63) is 54.5 Å². The minimum absolute atomic E-state index is 0.347. The van der Waals surface area contributed by atoms with Crippen LogP contribution in [0.5, 0.6) is 0 Å². The van der Waals surface area contributed by atoms with Crippen LogP contribution in [0.1, 0.15) is 17.3 Å². The molecule has 0 aliphatic rings. The Hall–Kier alpha value is -3.22. The molecule has 0 fully saturated rings. The van der Waals surface area contributed by atoms with Crippen molar-refractivity contribution < 1.29 is 14.3 Å². The summed E-state index contributed by atoms with van der Waals surface area (Å²) in [6.45, 7) is 1.50. The smallest absolute Gasteiger partial charge is 0.338 e. The number of esters is 1. The number of carbonyl (C=O) groups is 2. The molecule has 7 nitrogen and oxygen atoms in total. The highest BCUT2D eigenvalue weighted by Crippen LogP contribution is 2.13. The number of aromatic amines is 1. The summed E-state index contributed by atoms with van der Waals surface area (Å²) in [7, 11) is 0. The van der Waals surface area contributed by atoms with Crippen LogP contribution in [-0.2, 0) is 9.53 Å². The van der Waals surface area contributed by atoms with E-state index in [1.54, 1.807) is 48.9 Å². The molecule has 1 aromatic carbocycles. The van der Waals surface area contributed by atoms with Crippen molar-refractivity contribution in [1.29, 1.82) is 0 Å². The van der Waals surface area contributed by atoms with Crippen molar-refractivity contribution in [2.75, 3.05) is 5.32 Å². The molecule has 116 valence electrons. The molecule has 0 radical (unpaired) electrons. The molecule has 2 heterocycles. The number of amides is 1. The number of nitrogens with zero attached hydrogens (tertiary/aromatic N) is 2. The van der Waals surface area contributed by atoms with Gasteiger partial charge in [-0.05, 0) is 37.3 Å². The van der Waals surface area contributed by atoms with Gasteiger partial charge in [0, 0.05) is 6.20 Å². The predicted octanol–water partition coefficient (Wildman–Crippen LogP) is 2.14. The van der Waals surface area contributed by atoms with Gasteiger partial charge in [-0.25, -0.2) is 14.8 Å². The number of nitrogens with one attached hydrogen (secondary N) is 2. The zero-order valence-corrected chi connectivity index (χ0v) is 12.3. The molecule has 0 saturated heterocycles. The first-order valence-corrected chi connectivity index (χ1v) is 6.99. The van der Waals surface area contributed by atoms with E-state index in [1.807, 2.05) is 0 Å². The third-order valence-corrected chi connectivity index (χ3v) is 3.23. The van der Waals surface area contributed by atoms with Crippen LogP contribution in [0.3, 0.4) is 0 Å². The summed E-state index contributed by atoms with van der Waals surface area (Å²) < 4.78 is 5.18. The number of fused-ring (bicyclic) bond motifs is 1. The van der Waals surface area contributed by atoms with Crippen molar-refractivity contribution >= 4 is 28.7 Å². The van der Waals surface area contributed by atoms with Gasteiger partial charge in [-0.2, -0.15) is 0 Å². The van der Waals surface area contributed by atoms with Crippen LogP contribution >= 0.6 is 0 Å². The number of aromatic nitrogens is 3. The molecule has 7 heteroatoms. The molecule has 0 saturated carbocycles. The van der Waals surface area contributed by atoms with E-state index in [2.05, 4.69) is 20.3 Å². The number of ether oxygens (including phenoxy) is 1. The molecule has 23 heavy (non-hydrogen) atoms. The summed E-state index contributed by atoms with van der Waals surface area (Å²) in [5.74, 6) is -0.621. The average Bonchev–Trinajstić information content (AvgIpc) is 3.03. The number of pyridine rings is 1. The fourth-order valence-corrected chi connectivity index (χ4v) is 2.01. The highest BCUT2D eigenvalue weighted by atomic mass is 16.5. The first-order chi connectivity index (χ1) is 11.1. The predicted molar refractivity (Wildman–Crippen MR) is 83.8 cm³/mol. The van der Waals surface area contributed by atoms with Crippen molar-refractivity contribution in [3.8, 4) is 0 Å². The van der Waals surface area contributed by atoms with Gasteiger partial charge in [0.15, 0.2) is 6.10 Å². The van der Waals surface area contributed by atoms with Gasteiger partial charge in [0.25, 0.3) is 5.91 Å². The second-order valence-corrected chi connectivity index (χ2v) is 4.89. The highest BCUT2D eigenvalue weighted by Gasteiger charge is 2.19. The van der Waals surface area contributed by atoms with Gasteiger partial charge in [0.2, 0.25) is 0 Å². The van der Waals surface area contributed by atoms with Crippen LogP contribution in [0.25, 0.3) is 11.0 Å². The number of benzene rings is 1. The number of hydrogen-bond acceptors (Lipinski definition) is 5. The Kier molecular flexibility index (Phi) is 4.01. The number of hydrogen-bond donors (Lipinski definition) is 2. The third-order valence-electron chi connectivity index (χ3n) is 3.23. The fraction of sp³-hybridized carbons (Fsp3) is 0.125. The molecule has 1 unspecified atom stereocenters. The quantitative estimate of drug-likeness (QED) is 0.720. The van der Waals surface area contributed by atoms with Crippen molar-refractivity contribution in [1.82, 2.24) is 15.0 Å². The van der Waals surface area contributed by atoms with Crippen LogP contribution in [0.4, 0.5) is 5.82 Å². The van der Waals surface area contributed by atoms with Crippen LogP contribution in [0, 0.1) is 0 Å². The van der Waals surface area contributed by atoms with E-state index in [9.17, 15) is 9.59 Å². The van der Waals surface area contributed by atoms with E-state index in [0.717, 1.165) is 11.0 Å². The lowest BCUT2D eigenvalue weighted by Gasteiger charge is -2.13. The minimum Gasteiger partial charge on any atom is -0.449 e. The SMILES string of the molecule is CC(OC(=O)c1ccc2nc[nH]c2c1)C(=O)Nc1ccccn1. The number of carbonyl (C=O) groups excluding carboxylic acids is 2. The lowest BCUT2D eigenvalue weighted by Crippen LogP contribution is -2.30. The average molecular weight is 310 g/mol. The van der Waals surface area contributed by atoms with E-state index in [4.69, 9.17) is 4.74 Å². The van der Waals surface area contributed by atoms with Gasteiger partial charge in [-0.15, -0.1) is 0 Å².